The first-order valence-electron chi connectivity index (χ1n) is 21.6. The van der Waals surface area contributed by atoms with E-state index in [-0.39, 0.29) is 43.4 Å². The molecule has 14 rings (SSSR count). The van der Waals surface area contributed by atoms with E-state index in [2.05, 4.69) is 19.9 Å². The van der Waals surface area contributed by atoms with Crippen LogP contribution in [0.5, 0.6) is 0 Å². The van der Waals surface area contributed by atoms with Crippen LogP contribution in [0.4, 0.5) is 0 Å². The van der Waals surface area contributed by atoms with E-state index < -0.39 is 0 Å². The van der Waals surface area contributed by atoms with Gasteiger partial charge in [-0.15, -0.1) is 0 Å². The SMILES string of the molecule is O=c1c2ccccc2c(=O)c2c1ccc1[nH]c3c(ccc4c(=O)c5ccccc5c(=O)c43)[nH]c12.O=c1c2ccccc2c(=O)c2c1ccc1[nH]c3c(ccc4c(=O)c5ccccc5c(=O)c43)[nH]c12. The fraction of sp³-hybridized carbons (Fsp3) is 0. The largest absolute Gasteiger partial charge is 0.351 e. The summed E-state index contributed by atoms with van der Waals surface area (Å²) in [6.45, 7) is 0. The summed E-state index contributed by atoms with van der Waals surface area (Å²) in [7, 11) is 0. The minimum Gasteiger partial charge on any atom is -0.351 e. The van der Waals surface area contributed by atoms with Crippen molar-refractivity contribution in [3.63, 3.8) is 0 Å². The molecule has 12 heteroatoms. The van der Waals surface area contributed by atoms with Crippen molar-refractivity contribution in [2.45, 2.75) is 0 Å². The lowest BCUT2D eigenvalue weighted by Gasteiger charge is -2.10. The number of rotatable bonds is 0. The predicted octanol–water partition coefficient (Wildman–Crippen LogP) is 8.28. The lowest BCUT2D eigenvalue weighted by Crippen LogP contribution is -2.14. The molecule has 0 unspecified atom stereocenters. The van der Waals surface area contributed by atoms with Gasteiger partial charge in [-0.25, -0.2) is 0 Å². The third kappa shape index (κ3) is 5.19. The Morgan fingerprint density at radius 3 is 0.559 bits per heavy atom. The summed E-state index contributed by atoms with van der Waals surface area (Å²) >= 11 is 0. The minimum atomic E-state index is -0.238. The lowest BCUT2D eigenvalue weighted by molar-refractivity contribution is 1.41. The molecule has 0 spiro atoms. The molecule has 0 amide bonds. The van der Waals surface area contributed by atoms with E-state index >= 15 is 0 Å². The molecule has 0 aliphatic heterocycles. The Labute approximate surface area is 376 Å². The van der Waals surface area contributed by atoms with Gasteiger partial charge in [-0.05, 0) is 48.5 Å². The van der Waals surface area contributed by atoms with Crippen LogP contribution in [0.15, 0.2) is 184 Å². The van der Waals surface area contributed by atoms with Crippen molar-refractivity contribution in [2.75, 3.05) is 0 Å². The molecule has 68 heavy (non-hydrogen) atoms. The average molecular weight is 885 g/mol. The first-order chi connectivity index (χ1) is 33.1. The Balaban J connectivity index is 0.000000134. The summed E-state index contributed by atoms with van der Waals surface area (Å²) in [6.07, 6.45) is 0. The topological polar surface area (TPSA) is 200 Å². The maximum absolute atomic E-state index is 13.4. The molecule has 12 nitrogen and oxygen atoms in total. The van der Waals surface area contributed by atoms with Crippen molar-refractivity contribution in [1.82, 2.24) is 19.9 Å². The summed E-state index contributed by atoms with van der Waals surface area (Å²) in [4.78, 5) is 119. The second kappa shape index (κ2) is 13.9. The van der Waals surface area contributed by atoms with Crippen LogP contribution in [0.3, 0.4) is 0 Å². The Kier molecular flexibility index (Phi) is 7.93. The number of aromatic amines is 4. The highest BCUT2D eigenvalue weighted by Crippen LogP contribution is 2.29. The van der Waals surface area contributed by atoms with E-state index in [1.165, 1.54) is 0 Å². The third-order valence-corrected chi connectivity index (χ3v) is 13.4. The second-order valence-electron chi connectivity index (χ2n) is 17.0. The zero-order valence-electron chi connectivity index (χ0n) is 35.1. The summed E-state index contributed by atoms with van der Waals surface area (Å²) in [5.74, 6) is 0. The predicted molar refractivity (Wildman–Crippen MR) is 273 cm³/mol. The van der Waals surface area contributed by atoms with E-state index in [0.29, 0.717) is 130 Å². The van der Waals surface area contributed by atoms with E-state index in [1.807, 2.05) is 0 Å². The number of fused-ring (bicyclic) bond motifs is 16. The fourth-order valence-electron chi connectivity index (χ4n) is 10.2. The molecule has 12 aromatic carbocycles. The molecule has 0 radical (unpaired) electrons. The summed E-state index contributed by atoms with van der Waals surface area (Å²) in [6, 6.07) is 40.5. The van der Waals surface area contributed by atoms with Crippen LogP contribution in [-0.2, 0) is 0 Å². The van der Waals surface area contributed by atoms with Gasteiger partial charge in [0.25, 0.3) is 0 Å². The van der Waals surface area contributed by atoms with Gasteiger partial charge in [-0.3, -0.25) is 38.4 Å². The van der Waals surface area contributed by atoms with Gasteiger partial charge in [-0.2, -0.15) is 0 Å². The zero-order valence-corrected chi connectivity index (χ0v) is 35.1. The Hall–Kier alpha value is -9.68. The maximum Gasteiger partial charge on any atom is 0.196 e. The summed E-state index contributed by atoms with van der Waals surface area (Å²) in [5.41, 5.74) is 2.36. The highest BCUT2D eigenvalue weighted by atomic mass is 16.1. The smallest absolute Gasteiger partial charge is 0.196 e. The fourth-order valence-corrected chi connectivity index (χ4v) is 10.2. The van der Waals surface area contributed by atoms with Crippen LogP contribution >= 0.6 is 0 Å². The number of hydrogen-bond donors (Lipinski definition) is 4. The highest BCUT2D eigenvalue weighted by molar-refractivity contribution is 6.16. The van der Waals surface area contributed by atoms with Crippen molar-refractivity contribution < 1.29 is 0 Å². The van der Waals surface area contributed by atoms with Crippen LogP contribution in [-0.4, -0.2) is 19.9 Å². The van der Waals surface area contributed by atoms with Gasteiger partial charge < -0.3 is 19.9 Å². The van der Waals surface area contributed by atoms with E-state index in [0.717, 1.165) is 0 Å². The molecular formula is C56H28N4O8. The molecule has 0 saturated carbocycles. The first-order valence-corrected chi connectivity index (χ1v) is 21.6. The van der Waals surface area contributed by atoms with Crippen molar-refractivity contribution in [3.05, 3.63) is 227 Å². The first kappa shape index (κ1) is 38.8. The van der Waals surface area contributed by atoms with Crippen LogP contribution in [0.1, 0.15) is 0 Å². The van der Waals surface area contributed by atoms with Gasteiger partial charge in [0.1, 0.15) is 0 Å². The molecule has 0 fully saturated rings. The van der Waals surface area contributed by atoms with Gasteiger partial charge in [-0.1, -0.05) is 97.1 Å². The van der Waals surface area contributed by atoms with Gasteiger partial charge in [0.2, 0.25) is 0 Å². The van der Waals surface area contributed by atoms with Crippen LogP contribution in [0.2, 0.25) is 0 Å². The molecule has 14 aromatic rings. The third-order valence-electron chi connectivity index (χ3n) is 13.4. The number of H-pyrrole nitrogens is 4. The maximum atomic E-state index is 13.4. The average Bonchev–Trinajstić information content (AvgIpc) is 3.38. The monoisotopic (exact) mass is 884 g/mol. The van der Waals surface area contributed by atoms with Gasteiger partial charge in [0, 0.05) is 64.6 Å². The summed E-state index contributed by atoms with van der Waals surface area (Å²) in [5, 5.41) is 5.53. The second-order valence-corrected chi connectivity index (χ2v) is 17.0. The van der Waals surface area contributed by atoms with Crippen molar-refractivity contribution >= 4 is 130 Å². The molecule has 320 valence electrons. The lowest BCUT2D eigenvalue weighted by atomic mass is 9.99. The van der Waals surface area contributed by atoms with Crippen molar-refractivity contribution in [1.29, 1.82) is 0 Å². The molecule has 2 heterocycles. The van der Waals surface area contributed by atoms with Gasteiger partial charge in [0.05, 0.1) is 65.7 Å². The molecule has 0 bridgehead atoms. The molecule has 0 aliphatic carbocycles. The molecule has 2 aromatic heterocycles. The number of benzene rings is 12. The number of aromatic nitrogens is 4. The Morgan fingerprint density at radius 2 is 0.368 bits per heavy atom. The number of nitrogens with one attached hydrogen (secondary N) is 4. The van der Waals surface area contributed by atoms with E-state index in [4.69, 9.17) is 0 Å². The Bertz CT molecular complexity index is 4530. The van der Waals surface area contributed by atoms with E-state index in [9.17, 15) is 38.4 Å². The molecule has 0 atom stereocenters. The van der Waals surface area contributed by atoms with Gasteiger partial charge >= 0.3 is 0 Å². The zero-order chi connectivity index (χ0) is 46.3. The van der Waals surface area contributed by atoms with Crippen molar-refractivity contribution in [2.24, 2.45) is 0 Å². The normalized spacial score (nSPS) is 12.0. The molecule has 4 N–H and O–H groups in total. The molecule has 0 saturated heterocycles. The van der Waals surface area contributed by atoms with Crippen LogP contribution in [0, 0.1) is 0 Å². The van der Waals surface area contributed by atoms with Gasteiger partial charge in [0.15, 0.2) is 43.4 Å². The quantitative estimate of drug-likeness (QED) is 0.0861. The van der Waals surface area contributed by atoms with Crippen molar-refractivity contribution in [3.8, 4) is 0 Å². The minimum absolute atomic E-state index is 0.205. The standard InChI is InChI=1S/2C28H14N2O4/c2*31-25-13-5-1-3-7-15(13)27(33)21-17(25)9-11-19-23(21)29-20-12-10-18-22(24(20)30-19)28(34)16-8-4-2-6-14(16)26(18)32/h2*1-12,29-30H. The molecule has 0 aliphatic rings. The molecular weight excluding hydrogens is 857 g/mol. The van der Waals surface area contributed by atoms with E-state index in [1.54, 1.807) is 146 Å². The summed E-state index contributed by atoms with van der Waals surface area (Å²) < 4.78 is 0. The van der Waals surface area contributed by atoms with Crippen LogP contribution < -0.4 is 43.4 Å². The van der Waals surface area contributed by atoms with Crippen LogP contribution in [0.25, 0.3) is 130 Å². The number of hydrogen-bond acceptors (Lipinski definition) is 8. The Morgan fingerprint density at radius 1 is 0.191 bits per heavy atom. The highest BCUT2D eigenvalue weighted by Gasteiger charge is 2.20.